The minimum absolute atomic E-state index is 0.613. The van der Waals surface area contributed by atoms with Crippen LogP contribution in [-0.2, 0) is 0 Å². The van der Waals surface area contributed by atoms with Crippen LogP contribution >= 0.6 is 0 Å². The smallest absolute Gasteiger partial charge is 0.0218 e. The van der Waals surface area contributed by atoms with E-state index in [1.807, 2.05) is 0 Å². The van der Waals surface area contributed by atoms with Crippen molar-refractivity contribution >= 4 is 0 Å². The van der Waals surface area contributed by atoms with Crippen molar-refractivity contribution in [3.8, 4) is 0 Å². The highest BCUT2D eigenvalue weighted by Crippen LogP contribution is 2.07. The molecule has 0 rings (SSSR count). The SMILES string of the molecule is CCCCN(CC)C(CN)CCC. The summed E-state index contributed by atoms with van der Waals surface area (Å²) in [6.07, 6.45) is 5.06. The first-order valence-electron chi connectivity index (χ1n) is 5.74. The van der Waals surface area contributed by atoms with Crippen LogP contribution in [0.15, 0.2) is 0 Å². The number of nitrogens with two attached hydrogens (primary N) is 1. The van der Waals surface area contributed by atoms with Crippen LogP contribution in [0.4, 0.5) is 0 Å². The molecule has 13 heavy (non-hydrogen) atoms. The third kappa shape index (κ3) is 5.27. The first-order chi connectivity index (χ1) is 6.29. The summed E-state index contributed by atoms with van der Waals surface area (Å²) < 4.78 is 0. The zero-order valence-electron chi connectivity index (χ0n) is 9.55. The van der Waals surface area contributed by atoms with Crippen LogP contribution < -0.4 is 5.73 Å². The Labute approximate surface area is 83.5 Å². The Balaban J connectivity index is 3.84. The van der Waals surface area contributed by atoms with Gasteiger partial charge in [-0.3, -0.25) is 4.90 Å². The highest BCUT2D eigenvalue weighted by Gasteiger charge is 2.13. The van der Waals surface area contributed by atoms with Gasteiger partial charge in [0.2, 0.25) is 0 Å². The summed E-state index contributed by atoms with van der Waals surface area (Å²) in [7, 11) is 0. The molecular weight excluding hydrogens is 160 g/mol. The van der Waals surface area contributed by atoms with Gasteiger partial charge in [0.05, 0.1) is 0 Å². The minimum atomic E-state index is 0.613. The molecule has 0 saturated heterocycles. The minimum Gasteiger partial charge on any atom is -0.329 e. The van der Waals surface area contributed by atoms with Crippen molar-refractivity contribution in [3.63, 3.8) is 0 Å². The molecular formula is C11H26N2. The molecule has 0 aliphatic heterocycles. The molecule has 0 fully saturated rings. The second-order valence-corrected chi connectivity index (χ2v) is 3.66. The lowest BCUT2D eigenvalue weighted by Gasteiger charge is -2.29. The maximum absolute atomic E-state index is 5.77. The molecule has 1 unspecified atom stereocenters. The quantitative estimate of drug-likeness (QED) is 0.630. The molecule has 2 N–H and O–H groups in total. The molecule has 80 valence electrons. The summed E-state index contributed by atoms with van der Waals surface area (Å²) in [6, 6.07) is 0.613. The molecule has 2 heteroatoms. The molecule has 0 spiro atoms. The lowest BCUT2D eigenvalue weighted by Crippen LogP contribution is -2.41. The van der Waals surface area contributed by atoms with E-state index in [0.29, 0.717) is 6.04 Å². The third-order valence-electron chi connectivity index (χ3n) is 2.62. The topological polar surface area (TPSA) is 29.3 Å². The average molecular weight is 186 g/mol. The second kappa shape index (κ2) is 8.52. The Kier molecular flexibility index (Phi) is 8.46. The molecule has 0 bridgehead atoms. The zero-order valence-corrected chi connectivity index (χ0v) is 9.55. The van der Waals surface area contributed by atoms with Crippen LogP contribution in [0, 0.1) is 0 Å². The number of nitrogens with zero attached hydrogens (tertiary/aromatic N) is 1. The predicted molar refractivity (Wildman–Crippen MR) is 59.9 cm³/mol. The van der Waals surface area contributed by atoms with Crippen molar-refractivity contribution in [2.45, 2.75) is 52.5 Å². The van der Waals surface area contributed by atoms with Crippen molar-refractivity contribution < 1.29 is 0 Å². The Morgan fingerprint density at radius 2 is 1.85 bits per heavy atom. The first-order valence-corrected chi connectivity index (χ1v) is 5.74. The zero-order chi connectivity index (χ0) is 10.1. The fourth-order valence-electron chi connectivity index (χ4n) is 1.74. The standard InChI is InChI=1S/C11H26N2/c1-4-7-9-13(6-3)11(10-12)8-5-2/h11H,4-10,12H2,1-3H3. The highest BCUT2D eigenvalue weighted by atomic mass is 15.2. The Bertz CT molecular complexity index is 104. The summed E-state index contributed by atoms with van der Waals surface area (Å²) in [5.41, 5.74) is 5.77. The van der Waals surface area contributed by atoms with Gasteiger partial charge < -0.3 is 5.73 Å². The van der Waals surface area contributed by atoms with Gasteiger partial charge in [0.15, 0.2) is 0 Å². The van der Waals surface area contributed by atoms with Gasteiger partial charge in [-0.15, -0.1) is 0 Å². The van der Waals surface area contributed by atoms with Gasteiger partial charge in [-0.05, 0) is 25.9 Å². The normalized spacial score (nSPS) is 13.6. The lowest BCUT2D eigenvalue weighted by molar-refractivity contribution is 0.197. The van der Waals surface area contributed by atoms with E-state index >= 15 is 0 Å². The van der Waals surface area contributed by atoms with E-state index in [4.69, 9.17) is 5.73 Å². The summed E-state index contributed by atoms with van der Waals surface area (Å²) in [5.74, 6) is 0. The Morgan fingerprint density at radius 3 is 2.23 bits per heavy atom. The molecule has 2 nitrogen and oxygen atoms in total. The molecule has 0 radical (unpaired) electrons. The summed E-state index contributed by atoms with van der Waals surface area (Å²) in [4.78, 5) is 2.52. The number of likely N-dealkylation sites (N-methyl/N-ethyl adjacent to an activating group) is 1. The number of hydrogen-bond donors (Lipinski definition) is 1. The van der Waals surface area contributed by atoms with Gasteiger partial charge in [0.25, 0.3) is 0 Å². The summed E-state index contributed by atoms with van der Waals surface area (Å²) in [6.45, 7) is 9.87. The van der Waals surface area contributed by atoms with Crippen molar-refractivity contribution in [2.75, 3.05) is 19.6 Å². The van der Waals surface area contributed by atoms with Crippen LogP contribution in [0.2, 0.25) is 0 Å². The monoisotopic (exact) mass is 186 g/mol. The molecule has 0 aromatic rings. The molecule has 0 saturated carbocycles. The Morgan fingerprint density at radius 1 is 1.15 bits per heavy atom. The van der Waals surface area contributed by atoms with Crippen LogP contribution in [-0.4, -0.2) is 30.6 Å². The highest BCUT2D eigenvalue weighted by molar-refractivity contribution is 4.70. The van der Waals surface area contributed by atoms with E-state index in [-0.39, 0.29) is 0 Å². The molecule has 0 aliphatic carbocycles. The van der Waals surface area contributed by atoms with Crippen LogP contribution in [0.1, 0.15) is 46.5 Å². The van der Waals surface area contributed by atoms with Crippen molar-refractivity contribution in [1.82, 2.24) is 4.90 Å². The number of hydrogen-bond acceptors (Lipinski definition) is 2. The van der Waals surface area contributed by atoms with Crippen molar-refractivity contribution in [1.29, 1.82) is 0 Å². The first kappa shape index (κ1) is 12.9. The van der Waals surface area contributed by atoms with E-state index in [1.54, 1.807) is 0 Å². The molecule has 0 aromatic carbocycles. The third-order valence-corrected chi connectivity index (χ3v) is 2.62. The largest absolute Gasteiger partial charge is 0.329 e. The summed E-state index contributed by atoms with van der Waals surface area (Å²) >= 11 is 0. The van der Waals surface area contributed by atoms with Gasteiger partial charge in [0.1, 0.15) is 0 Å². The van der Waals surface area contributed by atoms with E-state index in [0.717, 1.165) is 13.1 Å². The second-order valence-electron chi connectivity index (χ2n) is 3.66. The lowest BCUT2D eigenvalue weighted by atomic mass is 10.1. The molecule has 0 heterocycles. The molecule has 1 atom stereocenters. The van der Waals surface area contributed by atoms with E-state index in [2.05, 4.69) is 25.7 Å². The van der Waals surface area contributed by atoms with Gasteiger partial charge in [-0.25, -0.2) is 0 Å². The van der Waals surface area contributed by atoms with Crippen LogP contribution in [0.25, 0.3) is 0 Å². The van der Waals surface area contributed by atoms with E-state index < -0.39 is 0 Å². The van der Waals surface area contributed by atoms with Gasteiger partial charge in [-0.2, -0.15) is 0 Å². The van der Waals surface area contributed by atoms with Gasteiger partial charge in [0, 0.05) is 12.6 Å². The van der Waals surface area contributed by atoms with Gasteiger partial charge >= 0.3 is 0 Å². The fourth-order valence-corrected chi connectivity index (χ4v) is 1.74. The number of rotatable bonds is 8. The van der Waals surface area contributed by atoms with E-state index in [1.165, 1.54) is 32.2 Å². The Hall–Kier alpha value is -0.0800. The van der Waals surface area contributed by atoms with Crippen molar-refractivity contribution in [2.24, 2.45) is 5.73 Å². The molecule has 0 aromatic heterocycles. The average Bonchev–Trinajstić information content (AvgIpc) is 2.17. The van der Waals surface area contributed by atoms with Crippen LogP contribution in [0.5, 0.6) is 0 Å². The molecule has 0 amide bonds. The van der Waals surface area contributed by atoms with Crippen LogP contribution in [0.3, 0.4) is 0 Å². The maximum atomic E-state index is 5.77. The predicted octanol–water partition coefficient (Wildman–Crippen LogP) is 2.24. The van der Waals surface area contributed by atoms with Crippen molar-refractivity contribution in [3.05, 3.63) is 0 Å². The fraction of sp³-hybridized carbons (Fsp3) is 1.00. The maximum Gasteiger partial charge on any atom is 0.0218 e. The summed E-state index contributed by atoms with van der Waals surface area (Å²) in [5, 5.41) is 0. The van der Waals surface area contributed by atoms with E-state index in [9.17, 15) is 0 Å². The van der Waals surface area contributed by atoms with Gasteiger partial charge in [-0.1, -0.05) is 33.6 Å². The molecule has 0 aliphatic rings. The number of unbranched alkanes of at least 4 members (excludes halogenated alkanes) is 1.